The van der Waals surface area contributed by atoms with Gasteiger partial charge in [-0.15, -0.1) is 0 Å². The van der Waals surface area contributed by atoms with Crippen molar-refractivity contribution in [2.45, 2.75) is 18.9 Å². The molecule has 3 aromatic heterocycles. The number of methoxy groups -OCH3 is 1. The summed E-state index contributed by atoms with van der Waals surface area (Å²) in [7, 11) is 1.60. The van der Waals surface area contributed by atoms with Crippen molar-refractivity contribution in [1.82, 2.24) is 25.3 Å². The van der Waals surface area contributed by atoms with Crippen molar-refractivity contribution >= 4 is 34.1 Å². The van der Waals surface area contributed by atoms with Crippen molar-refractivity contribution in [2.24, 2.45) is 0 Å². The molecule has 10 nitrogen and oxygen atoms in total. The highest BCUT2D eigenvalue weighted by atomic mass is 16.5. The van der Waals surface area contributed by atoms with Crippen LogP contribution in [0.5, 0.6) is 5.75 Å². The average molecular weight is 471 g/mol. The summed E-state index contributed by atoms with van der Waals surface area (Å²) in [5.74, 6) is 2.03. The number of anilines is 3. The SMILES string of the molecule is COc1cncc2nc(-c3ccnc(NC(=O)Cc4ccc(N)cc4)c3)nc(N[C@@H]3CCNC3)c12. The van der Waals surface area contributed by atoms with Gasteiger partial charge in [0.1, 0.15) is 17.4 Å². The van der Waals surface area contributed by atoms with Crippen LogP contribution in [0.2, 0.25) is 0 Å². The summed E-state index contributed by atoms with van der Waals surface area (Å²) in [5, 5.41) is 10.5. The number of hydrogen-bond donors (Lipinski definition) is 4. The van der Waals surface area contributed by atoms with E-state index in [1.165, 1.54) is 0 Å². The van der Waals surface area contributed by atoms with E-state index >= 15 is 0 Å². The number of nitrogens with zero attached hydrogens (tertiary/aromatic N) is 4. The number of fused-ring (bicyclic) bond motifs is 1. The lowest BCUT2D eigenvalue weighted by Gasteiger charge is -2.16. The first-order valence-electron chi connectivity index (χ1n) is 11.4. The molecule has 0 unspecified atom stereocenters. The van der Waals surface area contributed by atoms with Gasteiger partial charge in [-0.2, -0.15) is 0 Å². The van der Waals surface area contributed by atoms with Gasteiger partial charge in [0.05, 0.1) is 36.8 Å². The van der Waals surface area contributed by atoms with Gasteiger partial charge in [-0.05, 0) is 42.8 Å². The molecule has 4 aromatic rings. The van der Waals surface area contributed by atoms with Crippen molar-refractivity contribution in [1.29, 1.82) is 0 Å². The fraction of sp³-hybridized carbons (Fsp3) is 0.240. The Hall–Kier alpha value is -4.31. The Balaban J connectivity index is 1.44. The molecular weight excluding hydrogens is 444 g/mol. The number of rotatable bonds is 7. The first-order chi connectivity index (χ1) is 17.1. The fourth-order valence-corrected chi connectivity index (χ4v) is 4.06. The first-order valence-corrected chi connectivity index (χ1v) is 11.4. The third kappa shape index (κ3) is 5.12. The predicted octanol–water partition coefficient (Wildman–Crippen LogP) is 2.63. The molecule has 1 amide bonds. The highest BCUT2D eigenvalue weighted by Gasteiger charge is 2.20. The number of carbonyl (C=O) groups is 1. The Labute approximate surface area is 202 Å². The Morgan fingerprint density at radius 1 is 1.20 bits per heavy atom. The molecule has 1 aliphatic rings. The van der Waals surface area contributed by atoms with Crippen LogP contribution < -0.4 is 26.4 Å². The highest BCUT2D eigenvalue weighted by molar-refractivity contribution is 5.95. The molecular formula is C25H26N8O2. The number of pyridine rings is 2. The number of amides is 1. The van der Waals surface area contributed by atoms with Gasteiger partial charge in [0, 0.05) is 30.0 Å². The normalized spacial score (nSPS) is 15.2. The standard InChI is InChI=1S/C25H26N8O2/c1-35-20-14-28-13-19-23(20)25(30-18-7-8-27-12-18)33-24(31-19)16-6-9-29-21(11-16)32-22(34)10-15-2-4-17(26)5-3-15/h2-6,9,11,13-14,18,27H,7-8,10,12,26H2,1H3,(H,29,32,34)(H,30,31,33)/t18-/m1/s1. The number of ether oxygens (including phenoxy) is 1. The molecule has 1 aromatic carbocycles. The third-order valence-electron chi connectivity index (χ3n) is 5.82. The van der Waals surface area contributed by atoms with E-state index in [1.807, 2.05) is 18.2 Å². The summed E-state index contributed by atoms with van der Waals surface area (Å²) in [4.78, 5) is 30.7. The molecule has 1 fully saturated rings. The Morgan fingerprint density at radius 2 is 2.06 bits per heavy atom. The minimum atomic E-state index is -0.177. The molecule has 0 radical (unpaired) electrons. The van der Waals surface area contributed by atoms with Crippen LogP contribution in [0.3, 0.4) is 0 Å². The second kappa shape index (κ2) is 9.90. The lowest BCUT2D eigenvalue weighted by atomic mass is 10.1. The molecule has 5 rings (SSSR count). The summed E-state index contributed by atoms with van der Waals surface area (Å²) < 4.78 is 5.53. The zero-order chi connectivity index (χ0) is 24.2. The maximum absolute atomic E-state index is 12.6. The summed E-state index contributed by atoms with van der Waals surface area (Å²) in [6.45, 7) is 1.81. The van der Waals surface area contributed by atoms with Crippen molar-refractivity contribution in [3.63, 3.8) is 0 Å². The highest BCUT2D eigenvalue weighted by Crippen LogP contribution is 2.32. The zero-order valence-electron chi connectivity index (χ0n) is 19.3. The van der Waals surface area contributed by atoms with E-state index in [1.54, 1.807) is 43.9 Å². The molecule has 0 spiro atoms. The molecule has 0 saturated carbocycles. The molecule has 4 heterocycles. The van der Waals surface area contributed by atoms with E-state index in [-0.39, 0.29) is 18.4 Å². The minimum absolute atomic E-state index is 0.177. The van der Waals surface area contributed by atoms with Gasteiger partial charge in [-0.25, -0.2) is 15.0 Å². The van der Waals surface area contributed by atoms with E-state index in [2.05, 4.69) is 25.9 Å². The van der Waals surface area contributed by atoms with Crippen LogP contribution in [-0.4, -0.2) is 52.1 Å². The third-order valence-corrected chi connectivity index (χ3v) is 5.82. The van der Waals surface area contributed by atoms with Gasteiger partial charge in [0.15, 0.2) is 5.82 Å². The van der Waals surface area contributed by atoms with Crippen molar-refractivity contribution < 1.29 is 9.53 Å². The van der Waals surface area contributed by atoms with Gasteiger partial charge in [-0.1, -0.05) is 12.1 Å². The number of benzene rings is 1. The van der Waals surface area contributed by atoms with Crippen molar-refractivity contribution in [2.75, 3.05) is 36.6 Å². The topological polar surface area (TPSA) is 140 Å². The van der Waals surface area contributed by atoms with Gasteiger partial charge >= 0.3 is 0 Å². The van der Waals surface area contributed by atoms with Gasteiger partial charge in [0.2, 0.25) is 5.91 Å². The van der Waals surface area contributed by atoms with Gasteiger partial charge in [0.25, 0.3) is 0 Å². The largest absolute Gasteiger partial charge is 0.494 e. The lowest BCUT2D eigenvalue weighted by Crippen LogP contribution is -2.23. The quantitative estimate of drug-likeness (QED) is 0.300. The van der Waals surface area contributed by atoms with Crippen molar-refractivity contribution in [3.05, 3.63) is 60.6 Å². The van der Waals surface area contributed by atoms with Crippen LogP contribution in [0.4, 0.5) is 17.3 Å². The summed E-state index contributed by atoms with van der Waals surface area (Å²) in [6, 6.07) is 11.0. The molecule has 35 heavy (non-hydrogen) atoms. The Kier molecular flexibility index (Phi) is 6.36. The predicted molar refractivity (Wildman–Crippen MR) is 135 cm³/mol. The van der Waals surface area contributed by atoms with E-state index < -0.39 is 0 Å². The second-order valence-electron chi connectivity index (χ2n) is 8.36. The van der Waals surface area contributed by atoms with E-state index in [0.29, 0.717) is 34.4 Å². The minimum Gasteiger partial charge on any atom is -0.494 e. The first kappa shape index (κ1) is 22.5. The van der Waals surface area contributed by atoms with Gasteiger partial charge < -0.3 is 26.4 Å². The summed E-state index contributed by atoms with van der Waals surface area (Å²) >= 11 is 0. The van der Waals surface area contributed by atoms with E-state index in [4.69, 9.17) is 20.4 Å². The maximum atomic E-state index is 12.6. The monoisotopic (exact) mass is 470 g/mol. The van der Waals surface area contributed by atoms with Crippen LogP contribution >= 0.6 is 0 Å². The molecule has 1 saturated heterocycles. The molecule has 5 N–H and O–H groups in total. The number of nitrogens with two attached hydrogens (primary N) is 1. The second-order valence-corrected chi connectivity index (χ2v) is 8.36. The molecule has 0 aliphatic carbocycles. The lowest BCUT2D eigenvalue weighted by molar-refractivity contribution is -0.115. The molecule has 178 valence electrons. The molecule has 1 atom stereocenters. The number of carbonyl (C=O) groups excluding carboxylic acids is 1. The zero-order valence-corrected chi connectivity index (χ0v) is 19.3. The number of nitrogens with one attached hydrogen (secondary N) is 3. The van der Waals surface area contributed by atoms with E-state index in [9.17, 15) is 4.79 Å². The van der Waals surface area contributed by atoms with Crippen LogP contribution in [0.25, 0.3) is 22.3 Å². The number of nitrogen functional groups attached to an aromatic ring is 1. The Bertz CT molecular complexity index is 1350. The Morgan fingerprint density at radius 3 is 2.83 bits per heavy atom. The number of aromatic nitrogens is 4. The van der Waals surface area contributed by atoms with Crippen LogP contribution in [0.1, 0.15) is 12.0 Å². The summed E-state index contributed by atoms with van der Waals surface area (Å²) in [5.41, 5.74) is 8.62. The summed E-state index contributed by atoms with van der Waals surface area (Å²) in [6.07, 6.45) is 6.18. The van der Waals surface area contributed by atoms with Crippen LogP contribution in [0, 0.1) is 0 Å². The average Bonchev–Trinajstić information content (AvgIpc) is 3.38. The molecule has 1 aliphatic heterocycles. The molecule has 0 bridgehead atoms. The van der Waals surface area contributed by atoms with Crippen LogP contribution in [0.15, 0.2) is 55.0 Å². The van der Waals surface area contributed by atoms with Crippen LogP contribution in [-0.2, 0) is 11.2 Å². The van der Waals surface area contributed by atoms with E-state index in [0.717, 1.165) is 36.0 Å². The maximum Gasteiger partial charge on any atom is 0.229 e. The van der Waals surface area contributed by atoms with Gasteiger partial charge in [-0.3, -0.25) is 9.78 Å². The smallest absolute Gasteiger partial charge is 0.229 e. The van der Waals surface area contributed by atoms with Crippen molar-refractivity contribution in [3.8, 4) is 17.1 Å². The molecule has 10 heteroatoms. The number of hydrogen-bond acceptors (Lipinski definition) is 9. The fourth-order valence-electron chi connectivity index (χ4n) is 4.06.